The van der Waals surface area contributed by atoms with Gasteiger partial charge in [0.15, 0.2) is 0 Å². The summed E-state index contributed by atoms with van der Waals surface area (Å²) < 4.78 is 38.2. The molecule has 1 heterocycles. The Morgan fingerprint density at radius 3 is 2.50 bits per heavy atom. The smallest absolute Gasteiger partial charge is 0.398 e. The van der Waals surface area contributed by atoms with Gasteiger partial charge in [-0.1, -0.05) is 12.1 Å². The number of nitrogens with one attached hydrogen (secondary N) is 1. The molecule has 20 heavy (non-hydrogen) atoms. The third-order valence-corrected chi connectivity index (χ3v) is 3.03. The van der Waals surface area contributed by atoms with E-state index in [0.29, 0.717) is 11.3 Å². The molecule has 3 N–H and O–H groups in total. The molecule has 0 unspecified atom stereocenters. The molecule has 6 heteroatoms. The number of alkyl halides is 3. The molecule has 3 rings (SSSR count). The third-order valence-electron chi connectivity index (χ3n) is 3.03. The van der Waals surface area contributed by atoms with Crippen molar-refractivity contribution in [3.63, 3.8) is 0 Å². The fourth-order valence-electron chi connectivity index (χ4n) is 2.02. The number of hydrogen-bond acceptors (Lipinski definition) is 2. The Hall–Kier alpha value is -2.50. The first-order chi connectivity index (χ1) is 9.45. The Kier molecular flexibility index (Phi) is 2.67. The third kappa shape index (κ3) is 2.09. The van der Waals surface area contributed by atoms with Gasteiger partial charge in [0, 0.05) is 11.3 Å². The number of halogens is 3. The Balaban J connectivity index is 2.17. The second-order valence-corrected chi connectivity index (χ2v) is 4.40. The predicted molar refractivity (Wildman–Crippen MR) is 70.9 cm³/mol. The summed E-state index contributed by atoms with van der Waals surface area (Å²) in [6, 6.07) is 10.4. The van der Waals surface area contributed by atoms with Crippen LogP contribution in [0.3, 0.4) is 0 Å². The van der Waals surface area contributed by atoms with Crippen molar-refractivity contribution in [1.82, 2.24) is 9.97 Å². The molecular weight excluding hydrogens is 267 g/mol. The number of nitrogen functional groups attached to an aromatic ring is 1. The summed E-state index contributed by atoms with van der Waals surface area (Å²) in [5.74, 6) is 0.329. The van der Waals surface area contributed by atoms with Crippen LogP contribution in [0.4, 0.5) is 18.9 Å². The highest BCUT2D eigenvalue weighted by Crippen LogP contribution is 2.34. The highest BCUT2D eigenvalue weighted by atomic mass is 19.4. The van der Waals surface area contributed by atoms with Crippen LogP contribution in [-0.2, 0) is 6.18 Å². The maximum absolute atomic E-state index is 12.7. The minimum absolute atomic E-state index is 0.246. The minimum atomic E-state index is -4.41. The lowest BCUT2D eigenvalue weighted by molar-refractivity contribution is -0.137. The number of imidazole rings is 1. The van der Waals surface area contributed by atoms with Crippen molar-refractivity contribution < 1.29 is 13.2 Å². The van der Waals surface area contributed by atoms with Gasteiger partial charge < -0.3 is 10.7 Å². The van der Waals surface area contributed by atoms with Gasteiger partial charge in [0.25, 0.3) is 0 Å². The van der Waals surface area contributed by atoms with Crippen LogP contribution in [0, 0.1) is 0 Å². The molecule has 0 bridgehead atoms. The number of benzene rings is 2. The van der Waals surface area contributed by atoms with E-state index in [4.69, 9.17) is 5.73 Å². The number of aromatic amines is 1. The number of H-pyrrole nitrogens is 1. The van der Waals surface area contributed by atoms with Crippen LogP contribution in [0.2, 0.25) is 0 Å². The van der Waals surface area contributed by atoms with Gasteiger partial charge in [-0.25, -0.2) is 4.98 Å². The van der Waals surface area contributed by atoms with Crippen molar-refractivity contribution in [3.8, 4) is 11.4 Å². The maximum atomic E-state index is 12.7. The first-order valence-corrected chi connectivity index (χ1v) is 5.87. The molecule has 0 fully saturated rings. The first kappa shape index (κ1) is 12.5. The van der Waals surface area contributed by atoms with Crippen LogP contribution < -0.4 is 5.73 Å². The molecule has 0 aliphatic carbocycles. The number of hydrogen-bond donors (Lipinski definition) is 2. The summed E-state index contributed by atoms with van der Waals surface area (Å²) in [5, 5.41) is 0. The Labute approximate surface area is 112 Å². The van der Waals surface area contributed by atoms with E-state index in [1.165, 1.54) is 6.07 Å². The van der Waals surface area contributed by atoms with Gasteiger partial charge >= 0.3 is 6.18 Å². The van der Waals surface area contributed by atoms with Crippen LogP contribution in [0.5, 0.6) is 0 Å². The SMILES string of the molecule is Nc1ccc(C(F)(F)F)cc1-c1nc2ccccc2[nH]1. The number of rotatable bonds is 1. The number of nitrogens with zero attached hydrogens (tertiary/aromatic N) is 1. The number of nitrogens with two attached hydrogens (primary N) is 1. The zero-order valence-corrected chi connectivity index (χ0v) is 10.2. The molecule has 0 spiro atoms. The molecule has 0 aliphatic rings. The zero-order valence-electron chi connectivity index (χ0n) is 10.2. The first-order valence-electron chi connectivity index (χ1n) is 5.87. The molecule has 0 amide bonds. The van der Waals surface area contributed by atoms with Crippen molar-refractivity contribution in [1.29, 1.82) is 0 Å². The maximum Gasteiger partial charge on any atom is 0.416 e. The van der Waals surface area contributed by atoms with Crippen LogP contribution in [-0.4, -0.2) is 9.97 Å². The monoisotopic (exact) mass is 277 g/mol. The predicted octanol–water partition coefficient (Wildman–Crippen LogP) is 3.83. The highest BCUT2D eigenvalue weighted by molar-refractivity contribution is 5.82. The summed E-state index contributed by atoms with van der Waals surface area (Å²) in [5.41, 5.74) is 6.93. The molecule has 0 atom stereocenters. The summed E-state index contributed by atoms with van der Waals surface area (Å²) in [6.07, 6.45) is -4.41. The lowest BCUT2D eigenvalue weighted by Crippen LogP contribution is -2.06. The summed E-state index contributed by atoms with van der Waals surface area (Å²) in [6.45, 7) is 0. The van der Waals surface area contributed by atoms with Gasteiger partial charge in [-0.05, 0) is 30.3 Å². The molecule has 1 aromatic heterocycles. The number of para-hydroxylation sites is 2. The second kappa shape index (κ2) is 4.26. The molecule has 2 aromatic carbocycles. The van der Waals surface area contributed by atoms with Crippen LogP contribution >= 0.6 is 0 Å². The lowest BCUT2D eigenvalue weighted by Gasteiger charge is -2.09. The van der Waals surface area contributed by atoms with E-state index in [9.17, 15) is 13.2 Å². The average Bonchev–Trinajstić information content (AvgIpc) is 2.81. The molecule has 102 valence electrons. The number of fused-ring (bicyclic) bond motifs is 1. The summed E-state index contributed by atoms with van der Waals surface area (Å²) >= 11 is 0. The molecule has 0 saturated carbocycles. The fourth-order valence-corrected chi connectivity index (χ4v) is 2.02. The molecule has 0 saturated heterocycles. The highest BCUT2D eigenvalue weighted by Gasteiger charge is 2.31. The van der Waals surface area contributed by atoms with Crippen molar-refractivity contribution in [2.45, 2.75) is 6.18 Å². The van der Waals surface area contributed by atoms with Crippen LogP contribution in [0.1, 0.15) is 5.56 Å². The van der Waals surface area contributed by atoms with Gasteiger partial charge in [-0.3, -0.25) is 0 Å². The van der Waals surface area contributed by atoms with E-state index in [-0.39, 0.29) is 11.3 Å². The van der Waals surface area contributed by atoms with Crippen molar-refractivity contribution in [3.05, 3.63) is 48.0 Å². The molecular formula is C14H10F3N3. The van der Waals surface area contributed by atoms with Gasteiger partial charge in [-0.2, -0.15) is 13.2 Å². The minimum Gasteiger partial charge on any atom is -0.398 e. The second-order valence-electron chi connectivity index (χ2n) is 4.40. The van der Waals surface area contributed by atoms with Crippen molar-refractivity contribution >= 4 is 16.7 Å². The Morgan fingerprint density at radius 1 is 1.05 bits per heavy atom. The van der Waals surface area contributed by atoms with E-state index >= 15 is 0 Å². The van der Waals surface area contributed by atoms with Crippen molar-refractivity contribution in [2.24, 2.45) is 0 Å². The molecule has 3 aromatic rings. The van der Waals surface area contributed by atoms with Crippen LogP contribution in [0.15, 0.2) is 42.5 Å². The van der Waals surface area contributed by atoms with Gasteiger partial charge in [-0.15, -0.1) is 0 Å². The molecule has 0 aliphatic heterocycles. The van der Waals surface area contributed by atoms with E-state index < -0.39 is 11.7 Å². The zero-order chi connectivity index (χ0) is 14.3. The number of aromatic nitrogens is 2. The standard InChI is InChI=1S/C14H10F3N3/c15-14(16,17)8-5-6-10(18)9(7-8)13-19-11-3-1-2-4-12(11)20-13/h1-7H,18H2,(H,19,20). The van der Waals surface area contributed by atoms with Gasteiger partial charge in [0.05, 0.1) is 16.6 Å². The van der Waals surface area contributed by atoms with E-state index in [0.717, 1.165) is 17.6 Å². The number of anilines is 1. The largest absolute Gasteiger partial charge is 0.416 e. The molecule has 3 nitrogen and oxygen atoms in total. The summed E-state index contributed by atoms with van der Waals surface area (Å²) in [7, 11) is 0. The summed E-state index contributed by atoms with van der Waals surface area (Å²) in [4.78, 5) is 7.24. The van der Waals surface area contributed by atoms with Crippen LogP contribution in [0.25, 0.3) is 22.4 Å². The average molecular weight is 277 g/mol. The fraction of sp³-hybridized carbons (Fsp3) is 0.0714. The van der Waals surface area contributed by atoms with Crippen molar-refractivity contribution in [2.75, 3.05) is 5.73 Å². The quantitative estimate of drug-likeness (QED) is 0.664. The Morgan fingerprint density at radius 2 is 1.80 bits per heavy atom. The van der Waals surface area contributed by atoms with E-state index in [2.05, 4.69) is 9.97 Å². The molecule has 0 radical (unpaired) electrons. The Bertz CT molecular complexity index is 742. The lowest BCUT2D eigenvalue weighted by atomic mass is 10.1. The van der Waals surface area contributed by atoms with Gasteiger partial charge in [0.2, 0.25) is 0 Å². The van der Waals surface area contributed by atoms with Gasteiger partial charge in [0.1, 0.15) is 5.82 Å². The topological polar surface area (TPSA) is 54.7 Å². The normalized spacial score (nSPS) is 11.9. The van der Waals surface area contributed by atoms with E-state index in [1.54, 1.807) is 12.1 Å². The van der Waals surface area contributed by atoms with E-state index in [1.807, 2.05) is 12.1 Å².